The van der Waals surface area contributed by atoms with Crippen LogP contribution in [0.4, 0.5) is 5.69 Å². The maximum Gasteiger partial charge on any atom is 0.0397 e. The highest BCUT2D eigenvalue weighted by Crippen LogP contribution is 2.19. The molecule has 1 aliphatic rings. The van der Waals surface area contributed by atoms with Crippen molar-refractivity contribution in [3.63, 3.8) is 0 Å². The summed E-state index contributed by atoms with van der Waals surface area (Å²) in [4.78, 5) is 7.95. The van der Waals surface area contributed by atoms with Crippen LogP contribution < -0.4 is 10.2 Å². The number of aromatic nitrogens is 1. The number of nitrogens with one attached hydrogen (secondary N) is 1. The van der Waals surface area contributed by atoms with E-state index in [1.54, 1.807) is 0 Å². The number of rotatable bonds is 4. The van der Waals surface area contributed by atoms with Crippen LogP contribution in [0.5, 0.6) is 0 Å². The summed E-state index contributed by atoms with van der Waals surface area (Å²) in [5.41, 5.74) is 1.30. The first-order valence-corrected chi connectivity index (χ1v) is 7.70. The first kappa shape index (κ1) is 12.6. The molecule has 0 spiro atoms. The van der Waals surface area contributed by atoms with Crippen molar-refractivity contribution in [3.05, 3.63) is 46.9 Å². The summed E-state index contributed by atoms with van der Waals surface area (Å²) >= 11 is 1.83. The molecular formula is C15H19N3S. The van der Waals surface area contributed by atoms with E-state index in [0.29, 0.717) is 6.04 Å². The van der Waals surface area contributed by atoms with E-state index < -0.39 is 0 Å². The van der Waals surface area contributed by atoms with Gasteiger partial charge in [0.05, 0.1) is 0 Å². The predicted molar refractivity (Wildman–Crippen MR) is 80.6 cm³/mol. The standard InChI is InChI=1S/C15H19N3S/c1-2-15(19-11-1)12-17-13-5-9-18(10-6-13)14-3-7-16-8-4-14/h1-4,7-8,11,13,17H,5-6,9-10,12H2. The largest absolute Gasteiger partial charge is 0.371 e. The second-order valence-corrected chi connectivity index (χ2v) is 5.96. The molecule has 4 heteroatoms. The monoisotopic (exact) mass is 273 g/mol. The Bertz CT molecular complexity index is 475. The highest BCUT2D eigenvalue weighted by atomic mass is 32.1. The van der Waals surface area contributed by atoms with Gasteiger partial charge >= 0.3 is 0 Å². The summed E-state index contributed by atoms with van der Waals surface area (Å²) in [6.07, 6.45) is 6.17. The Balaban J connectivity index is 1.47. The zero-order chi connectivity index (χ0) is 12.9. The molecule has 2 aromatic rings. The fourth-order valence-corrected chi connectivity index (χ4v) is 3.21. The number of hydrogen-bond donors (Lipinski definition) is 1. The molecule has 19 heavy (non-hydrogen) atoms. The van der Waals surface area contributed by atoms with E-state index in [9.17, 15) is 0 Å². The van der Waals surface area contributed by atoms with Gasteiger partial charge in [0.2, 0.25) is 0 Å². The summed E-state index contributed by atoms with van der Waals surface area (Å²) in [5, 5.41) is 5.81. The maximum atomic E-state index is 4.08. The zero-order valence-corrected chi connectivity index (χ0v) is 11.8. The average molecular weight is 273 g/mol. The average Bonchev–Trinajstić information content (AvgIpc) is 3.00. The maximum absolute atomic E-state index is 4.08. The predicted octanol–water partition coefficient (Wildman–Crippen LogP) is 2.90. The molecular weight excluding hydrogens is 254 g/mol. The van der Waals surface area contributed by atoms with Crippen LogP contribution in [0.15, 0.2) is 42.0 Å². The molecule has 0 radical (unpaired) electrons. The molecule has 2 aromatic heterocycles. The van der Waals surface area contributed by atoms with E-state index in [1.807, 2.05) is 23.7 Å². The fourth-order valence-electron chi connectivity index (χ4n) is 2.55. The van der Waals surface area contributed by atoms with Gasteiger partial charge in [-0.05, 0) is 36.4 Å². The smallest absolute Gasteiger partial charge is 0.0397 e. The highest BCUT2D eigenvalue weighted by Gasteiger charge is 2.18. The molecule has 3 heterocycles. The van der Waals surface area contributed by atoms with Crippen LogP contribution >= 0.6 is 11.3 Å². The lowest BCUT2D eigenvalue weighted by Gasteiger charge is -2.34. The lowest BCUT2D eigenvalue weighted by Crippen LogP contribution is -2.42. The van der Waals surface area contributed by atoms with E-state index in [1.165, 1.54) is 23.4 Å². The van der Waals surface area contributed by atoms with E-state index >= 15 is 0 Å². The number of hydrogen-bond acceptors (Lipinski definition) is 4. The van der Waals surface area contributed by atoms with Gasteiger partial charge in [-0.25, -0.2) is 0 Å². The van der Waals surface area contributed by atoms with E-state index in [2.05, 4.69) is 44.8 Å². The molecule has 0 atom stereocenters. The Morgan fingerprint density at radius 3 is 2.68 bits per heavy atom. The van der Waals surface area contributed by atoms with Crippen molar-refractivity contribution in [3.8, 4) is 0 Å². The van der Waals surface area contributed by atoms with Gasteiger partial charge in [0.15, 0.2) is 0 Å². The molecule has 1 aliphatic heterocycles. The summed E-state index contributed by atoms with van der Waals surface area (Å²) < 4.78 is 0. The van der Waals surface area contributed by atoms with E-state index in [4.69, 9.17) is 0 Å². The molecule has 1 saturated heterocycles. The number of anilines is 1. The number of pyridine rings is 1. The molecule has 1 fully saturated rings. The van der Waals surface area contributed by atoms with Crippen molar-refractivity contribution in [1.29, 1.82) is 0 Å². The number of thiophene rings is 1. The summed E-state index contributed by atoms with van der Waals surface area (Å²) in [5.74, 6) is 0. The Morgan fingerprint density at radius 2 is 2.00 bits per heavy atom. The first-order valence-electron chi connectivity index (χ1n) is 6.82. The molecule has 0 unspecified atom stereocenters. The first-order chi connectivity index (χ1) is 9.42. The molecule has 0 saturated carbocycles. The van der Waals surface area contributed by atoms with Crippen LogP contribution in [0.1, 0.15) is 17.7 Å². The van der Waals surface area contributed by atoms with Crippen molar-refractivity contribution in [2.24, 2.45) is 0 Å². The van der Waals surface area contributed by atoms with Crippen molar-refractivity contribution < 1.29 is 0 Å². The van der Waals surface area contributed by atoms with Gasteiger partial charge in [-0.2, -0.15) is 0 Å². The van der Waals surface area contributed by atoms with Gasteiger partial charge in [0.1, 0.15) is 0 Å². The number of piperidine rings is 1. The second-order valence-electron chi connectivity index (χ2n) is 4.93. The SMILES string of the molecule is c1csc(CNC2CCN(c3ccncc3)CC2)c1. The fraction of sp³-hybridized carbons (Fsp3) is 0.400. The minimum absolute atomic E-state index is 0.653. The Hall–Kier alpha value is -1.39. The van der Waals surface area contributed by atoms with Crippen LogP contribution in [-0.2, 0) is 6.54 Å². The van der Waals surface area contributed by atoms with Gasteiger partial charge in [-0.15, -0.1) is 11.3 Å². The van der Waals surface area contributed by atoms with Crippen molar-refractivity contribution in [1.82, 2.24) is 10.3 Å². The van der Waals surface area contributed by atoms with Crippen LogP contribution in [0.2, 0.25) is 0 Å². The van der Waals surface area contributed by atoms with Gasteiger partial charge in [-0.1, -0.05) is 6.07 Å². The molecule has 0 amide bonds. The third kappa shape index (κ3) is 3.33. The zero-order valence-electron chi connectivity index (χ0n) is 11.0. The van der Waals surface area contributed by atoms with Crippen molar-refractivity contribution in [2.45, 2.75) is 25.4 Å². The molecule has 0 bridgehead atoms. The summed E-state index contributed by atoms with van der Waals surface area (Å²) in [6, 6.07) is 9.16. The Morgan fingerprint density at radius 1 is 1.21 bits per heavy atom. The second kappa shape index (κ2) is 6.17. The van der Waals surface area contributed by atoms with E-state index in [0.717, 1.165) is 19.6 Å². The van der Waals surface area contributed by atoms with Crippen LogP contribution in [0.25, 0.3) is 0 Å². The van der Waals surface area contributed by atoms with Crippen LogP contribution in [0, 0.1) is 0 Å². The van der Waals surface area contributed by atoms with Gasteiger partial charge in [0.25, 0.3) is 0 Å². The third-order valence-electron chi connectivity index (χ3n) is 3.67. The van der Waals surface area contributed by atoms with Gasteiger partial charge in [0, 0.05) is 48.6 Å². The molecule has 3 rings (SSSR count). The van der Waals surface area contributed by atoms with Crippen molar-refractivity contribution in [2.75, 3.05) is 18.0 Å². The third-order valence-corrected chi connectivity index (χ3v) is 4.54. The topological polar surface area (TPSA) is 28.2 Å². The minimum atomic E-state index is 0.653. The molecule has 0 aromatic carbocycles. The highest BCUT2D eigenvalue weighted by molar-refractivity contribution is 7.09. The Kier molecular flexibility index (Phi) is 4.10. The lowest BCUT2D eigenvalue weighted by atomic mass is 10.0. The summed E-state index contributed by atoms with van der Waals surface area (Å²) in [6.45, 7) is 3.27. The van der Waals surface area contributed by atoms with Crippen LogP contribution in [0.3, 0.4) is 0 Å². The quantitative estimate of drug-likeness (QED) is 0.928. The number of nitrogens with zero attached hydrogens (tertiary/aromatic N) is 2. The van der Waals surface area contributed by atoms with Gasteiger partial charge in [-0.3, -0.25) is 4.98 Å². The lowest BCUT2D eigenvalue weighted by molar-refractivity contribution is 0.415. The molecule has 0 aliphatic carbocycles. The minimum Gasteiger partial charge on any atom is -0.371 e. The normalized spacial score (nSPS) is 16.7. The molecule has 100 valence electrons. The summed E-state index contributed by atoms with van der Waals surface area (Å²) in [7, 11) is 0. The van der Waals surface area contributed by atoms with Crippen LogP contribution in [-0.4, -0.2) is 24.1 Å². The van der Waals surface area contributed by atoms with Crippen molar-refractivity contribution >= 4 is 17.0 Å². The van der Waals surface area contributed by atoms with Gasteiger partial charge < -0.3 is 10.2 Å². The molecule has 3 nitrogen and oxygen atoms in total. The molecule has 1 N–H and O–H groups in total. The Labute approximate surface area is 118 Å². The van der Waals surface area contributed by atoms with E-state index in [-0.39, 0.29) is 0 Å².